The molecule has 4 heteroatoms. The van der Waals surface area contributed by atoms with Crippen LogP contribution in [0.15, 0.2) is 36.4 Å². The molecule has 0 heterocycles. The van der Waals surface area contributed by atoms with E-state index in [9.17, 15) is 13.2 Å². The Balaban J connectivity index is 2.25. The second-order valence-corrected chi connectivity index (χ2v) is 4.61. The van der Waals surface area contributed by atoms with Crippen LogP contribution in [0, 0.1) is 24.4 Å². The summed E-state index contributed by atoms with van der Waals surface area (Å²) in [5, 5.41) is 0. The summed E-state index contributed by atoms with van der Waals surface area (Å²) in [6.45, 7) is 1.83. The van der Waals surface area contributed by atoms with Crippen molar-refractivity contribution in [1.29, 1.82) is 0 Å². The second-order valence-electron chi connectivity index (χ2n) is 4.61. The minimum atomic E-state index is -0.660. The van der Waals surface area contributed by atoms with Crippen molar-refractivity contribution in [3.05, 3.63) is 70.5 Å². The lowest BCUT2D eigenvalue weighted by Gasteiger charge is -2.14. The molecule has 0 aliphatic heterocycles. The van der Waals surface area contributed by atoms with E-state index in [1.807, 2.05) is 6.92 Å². The van der Waals surface area contributed by atoms with Crippen molar-refractivity contribution in [2.24, 2.45) is 5.73 Å². The van der Waals surface area contributed by atoms with Crippen molar-refractivity contribution in [2.45, 2.75) is 19.4 Å². The van der Waals surface area contributed by atoms with Gasteiger partial charge in [-0.1, -0.05) is 17.7 Å². The summed E-state index contributed by atoms with van der Waals surface area (Å²) < 4.78 is 39.8. The van der Waals surface area contributed by atoms with Crippen LogP contribution in [0.3, 0.4) is 0 Å². The minimum absolute atomic E-state index is 0.176. The Kier molecular flexibility index (Phi) is 3.90. The lowest BCUT2D eigenvalue weighted by atomic mass is 9.98. The Bertz CT molecular complexity index is 576. The van der Waals surface area contributed by atoms with Crippen LogP contribution in [0.25, 0.3) is 0 Å². The first-order valence-electron chi connectivity index (χ1n) is 5.92. The molecule has 2 rings (SSSR count). The van der Waals surface area contributed by atoms with Gasteiger partial charge in [-0.05, 0) is 37.1 Å². The molecule has 1 nitrogen and oxygen atoms in total. The summed E-state index contributed by atoms with van der Waals surface area (Å²) in [5.41, 5.74) is 7.56. The van der Waals surface area contributed by atoms with Crippen molar-refractivity contribution in [3.8, 4) is 0 Å². The number of nitrogens with two attached hydrogens (primary N) is 1. The summed E-state index contributed by atoms with van der Waals surface area (Å²) in [6.07, 6.45) is 0.176. The maximum absolute atomic E-state index is 13.7. The third-order valence-corrected chi connectivity index (χ3v) is 2.93. The summed E-state index contributed by atoms with van der Waals surface area (Å²) in [6, 6.07) is 7.20. The molecule has 1 unspecified atom stereocenters. The van der Waals surface area contributed by atoms with Crippen molar-refractivity contribution in [2.75, 3.05) is 0 Å². The third-order valence-electron chi connectivity index (χ3n) is 2.93. The average molecular weight is 265 g/mol. The topological polar surface area (TPSA) is 26.0 Å². The zero-order valence-corrected chi connectivity index (χ0v) is 10.5. The van der Waals surface area contributed by atoms with Gasteiger partial charge in [0.2, 0.25) is 0 Å². The molecule has 0 aliphatic rings. The van der Waals surface area contributed by atoms with E-state index >= 15 is 0 Å². The fraction of sp³-hybridized carbons (Fsp3) is 0.200. The molecule has 0 bridgehead atoms. The van der Waals surface area contributed by atoms with Crippen molar-refractivity contribution >= 4 is 0 Å². The number of hydrogen-bond acceptors (Lipinski definition) is 1. The van der Waals surface area contributed by atoms with Crippen LogP contribution in [0.5, 0.6) is 0 Å². The first-order chi connectivity index (χ1) is 8.95. The minimum Gasteiger partial charge on any atom is -0.324 e. The van der Waals surface area contributed by atoms with E-state index < -0.39 is 23.5 Å². The average Bonchev–Trinajstić information content (AvgIpc) is 2.30. The molecule has 2 aromatic carbocycles. The summed E-state index contributed by atoms with van der Waals surface area (Å²) in [5.74, 6) is -1.73. The van der Waals surface area contributed by atoms with Crippen LogP contribution in [0.1, 0.15) is 22.7 Å². The monoisotopic (exact) mass is 265 g/mol. The smallest absolute Gasteiger partial charge is 0.128 e. The lowest BCUT2D eigenvalue weighted by Crippen LogP contribution is -2.15. The van der Waals surface area contributed by atoms with E-state index in [0.717, 1.165) is 11.6 Å². The van der Waals surface area contributed by atoms with Crippen molar-refractivity contribution < 1.29 is 13.2 Å². The maximum atomic E-state index is 13.7. The van der Waals surface area contributed by atoms with Gasteiger partial charge in [-0.15, -0.1) is 0 Å². The van der Waals surface area contributed by atoms with Crippen molar-refractivity contribution in [3.63, 3.8) is 0 Å². The fourth-order valence-electron chi connectivity index (χ4n) is 2.04. The molecule has 19 heavy (non-hydrogen) atoms. The van der Waals surface area contributed by atoms with Gasteiger partial charge < -0.3 is 5.73 Å². The Morgan fingerprint density at radius 2 is 1.63 bits per heavy atom. The van der Waals surface area contributed by atoms with Gasteiger partial charge in [-0.3, -0.25) is 0 Å². The predicted molar refractivity (Wildman–Crippen MR) is 68.1 cm³/mol. The highest BCUT2D eigenvalue weighted by Crippen LogP contribution is 2.21. The van der Waals surface area contributed by atoms with Gasteiger partial charge in [0.1, 0.15) is 17.5 Å². The van der Waals surface area contributed by atoms with Crippen LogP contribution in [-0.2, 0) is 6.42 Å². The highest BCUT2D eigenvalue weighted by atomic mass is 19.1. The molecule has 0 saturated carbocycles. The summed E-state index contributed by atoms with van der Waals surface area (Å²) in [4.78, 5) is 0. The summed E-state index contributed by atoms with van der Waals surface area (Å²) >= 11 is 0. The first kappa shape index (κ1) is 13.6. The van der Waals surface area contributed by atoms with Gasteiger partial charge in [-0.2, -0.15) is 0 Å². The fourth-order valence-corrected chi connectivity index (χ4v) is 2.04. The number of benzene rings is 2. The van der Waals surface area contributed by atoms with E-state index in [1.165, 1.54) is 18.2 Å². The van der Waals surface area contributed by atoms with Gasteiger partial charge in [0.15, 0.2) is 0 Å². The van der Waals surface area contributed by atoms with Gasteiger partial charge in [-0.25, -0.2) is 13.2 Å². The third kappa shape index (κ3) is 3.35. The van der Waals surface area contributed by atoms with Gasteiger partial charge in [0, 0.05) is 17.7 Å². The Morgan fingerprint density at radius 3 is 2.26 bits per heavy atom. The van der Waals surface area contributed by atoms with E-state index in [0.29, 0.717) is 11.1 Å². The molecule has 0 fully saturated rings. The molecular formula is C15H14F3N. The Hall–Kier alpha value is -1.81. The van der Waals surface area contributed by atoms with Gasteiger partial charge >= 0.3 is 0 Å². The molecule has 100 valence electrons. The Labute approximate surface area is 109 Å². The SMILES string of the molecule is Cc1ccc(F)c(C(N)Cc2cc(F)cc(F)c2)c1. The van der Waals surface area contributed by atoms with E-state index in [1.54, 1.807) is 12.1 Å². The number of halogens is 3. The van der Waals surface area contributed by atoms with Crippen molar-refractivity contribution in [1.82, 2.24) is 0 Å². The highest BCUT2D eigenvalue weighted by Gasteiger charge is 2.13. The molecular weight excluding hydrogens is 251 g/mol. The zero-order valence-electron chi connectivity index (χ0n) is 10.5. The normalized spacial score (nSPS) is 12.5. The van der Waals surface area contributed by atoms with Gasteiger partial charge in [0.05, 0.1) is 0 Å². The number of aryl methyl sites for hydroxylation is 1. The lowest BCUT2D eigenvalue weighted by molar-refractivity contribution is 0.566. The quantitative estimate of drug-likeness (QED) is 0.900. The van der Waals surface area contributed by atoms with Crippen LogP contribution in [-0.4, -0.2) is 0 Å². The Morgan fingerprint density at radius 1 is 1.00 bits per heavy atom. The molecule has 0 aliphatic carbocycles. The molecule has 0 spiro atoms. The van der Waals surface area contributed by atoms with Crippen LogP contribution < -0.4 is 5.73 Å². The molecule has 2 aromatic rings. The van der Waals surface area contributed by atoms with Gasteiger partial charge in [0.25, 0.3) is 0 Å². The molecule has 0 amide bonds. The molecule has 0 radical (unpaired) electrons. The zero-order chi connectivity index (χ0) is 14.0. The van der Waals surface area contributed by atoms with Crippen LogP contribution in [0.2, 0.25) is 0 Å². The van der Waals surface area contributed by atoms with Crippen LogP contribution >= 0.6 is 0 Å². The van der Waals surface area contributed by atoms with E-state index in [2.05, 4.69) is 0 Å². The van der Waals surface area contributed by atoms with E-state index in [4.69, 9.17) is 5.73 Å². The number of rotatable bonds is 3. The standard InChI is InChI=1S/C15H14F3N/c1-9-2-3-14(18)13(4-9)15(19)7-10-5-11(16)8-12(17)6-10/h2-6,8,15H,7,19H2,1H3. The largest absolute Gasteiger partial charge is 0.324 e. The van der Waals surface area contributed by atoms with E-state index in [-0.39, 0.29) is 6.42 Å². The molecule has 1 atom stereocenters. The number of hydrogen-bond donors (Lipinski definition) is 1. The first-order valence-corrected chi connectivity index (χ1v) is 5.92. The molecule has 0 saturated heterocycles. The molecule has 0 aromatic heterocycles. The maximum Gasteiger partial charge on any atom is 0.128 e. The summed E-state index contributed by atoms with van der Waals surface area (Å²) in [7, 11) is 0. The second kappa shape index (κ2) is 5.45. The predicted octanol–water partition coefficient (Wildman–Crippen LogP) is 3.65. The molecule has 2 N–H and O–H groups in total. The highest BCUT2D eigenvalue weighted by molar-refractivity contribution is 5.29. The van der Waals surface area contributed by atoms with Crippen LogP contribution in [0.4, 0.5) is 13.2 Å².